The number of aliphatic imine (C=N–C) groups is 1. The van der Waals surface area contributed by atoms with E-state index < -0.39 is 0 Å². The molecule has 5 heteroatoms. The Kier molecular flexibility index (Phi) is 5.10. The van der Waals surface area contributed by atoms with Crippen molar-refractivity contribution in [2.45, 2.75) is 13.8 Å². The van der Waals surface area contributed by atoms with E-state index in [1.165, 1.54) is 0 Å². The maximum Gasteiger partial charge on any atom is 0.237 e. The van der Waals surface area contributed by atoms with Gasteiger partial charge in [0.05, 0.1) is 17.7 Å². The first-order chi connectivity index (χ1) is 10.6. The minimum Gasteiger partial charge on any atom is -0.438 e. The molecule has 22 heavy (non-hydrogen) atoms. The maximum atomic E-state index is 9.30. The molecule has 2 aromatic rings. The van der Waals surface area contributed by atoms with E-state index in [2.05, 4.69) is 16.0 Å². The number of nitriles is 1. The summed E-state index contributed by atoms with van der Waals surface area (Å²) in [7, 11) is 1.93. The molecule has 0 saturated heterocycles. The zero-order valence-corrected chi connectivity index (χ0v) is 12.9. The van der Waals surface area contributed by atoms with E-state index >= 15 is 0 Å². The third-order valence-electron chi connectivity index (χ3n) is 3.12. The molecule has 0 amide bonds. The van der Waals surface area contributed by atoms with Gasteiger partial charge in [0, 0.05) is 13.6 Å². The molecule has 112 valence electrons. The molecule has 0 radical (unpaired) electrons. The highest BCUT2D eigenvalue weighted by Gasteiger charge is 2.11. The van der Waals surface area contributed by atoms with Crippen LogP contribution in [-0.2, 0) is 0 Å². The third kappa shape index (κ3) is 3.83. The molecule has 0 unspecified atom stereocenters. The van der Waals surface area contributed by atoms with Crippen LogP contribution in [0.2, 0.25) is 0 Å². The molecule has 5 nitrogen and oxygen atoms in total. The summed E-state index contributed by atoms with van der Waals surface area (Å²) in [6.07, 6.45) is 1.73. The number of hydrogen-bond acceptors (Lipinski definition) is 4. The summed E-state index contributed by atoms with van der Waals surface area (Å²) in [5, 5.41) is 9.30. The topological polar surface area (TPSA) is 61.5 Å². The number of hydrogen-bond donors (Lipinski definition) is 0. The Labute approximate surface area is 130 Å². The summed E-state index contributed by atoms with van der Waals surface area (Å²) < 4.78 is 5.69. The van der Waals surface area contributed by atoms with E-state index in [1.807, 2.05) is 56.1 Å². The standard InChI is InChI=1S/C17H18N4O/c1-4-21(3)12-19-16-10-14(11-18)17(20-13(16)2)22-15-8-6-5-7-9-15/h5-10,12H,4H2,1-3H3/b19-12+. The zero-order chi connectivity index (χ0) is 15.9. The van der Waals surface area contributed by atoms with E-state index in [0.29, 0.717) is 28.6 Å². The first kappa shape index (κ1) is 15.5. The molecule has 0 saturated carbocycles. The van der Waals surface area contributed by atoms with Crippen LogP contribution in [0.25, 0.3) is 0 Å². The summed E-state index contributed by atoms with van der Waals surface area (Å²) in [4.78, 5) is 10.7. The summed E-state index contributed by atoms with van der Waals surface area (Å²) in [5.41, 5.74) is 1.74. The Balaban J connectivity index is 2.32. The Morgan fingerprint density at radius 3 is 2.73 bits per heavy atom. The van der Waals surface area contributed by atoms with Gasteiger partial charge in [-0.25, -0.2) is 9.98 Å². The van der Waals surface area contributed by atoms with Gasteiger partial charge in [-0.2, -0.15) is 5.26 Å². The molecule has 0 spiro atoms. The molecule has 0 aliphatic carbocycles. The van der Waals surface area contributed by atoms with Gasteiger partial charge in [-0.3, -0.25) is 0 Å². The maximum absolute atomic E-state index is 9.30. The lowest BCUT2D eigenvalue weighted by atomic mass is 10.2. The fraction of sp³-hybridized carbons (Fsp3) is 0.235. The van der Waals surface area contributed by atoms with Crippen LogP contribution in [-0.4, -0.2) is 29.8 Å². The Morgan fingerprint density at radius 1 is 1.36 bits per heavy atom. The molecular weight excluding hydrogens is 276 g/mol. The van der Waals surface area contributed by atoms with Gasteiger partial charge in [-0.15, -0.1) is 0 Å². The first-order valence-corrected chi connectivity index (χ1v) is 7.03. The van der Waals surface area contributed by atoms with Crippen molar-refractivity contribution in [3.8, 4) is 17.7 Å². The monoisotopic (exact) mass is 294 g/mol. The first-order valence-electron chi connectivity index (χ1n) is 7.03. The number of aromatic nitrogens is 1. The summed E-state index contributed by atoms with van der Waals surface area (Å²) in [6, 6.07) is 13.1. The molecule has 1 aromatic heterocycles. The summed E-state index contributed by atoms with van der Waals surface area (Å²) >= 11 is 0. The van der Waals surface area contributed by atoms with E-state index in [4.69, 9.17) is 4.74 Å². The predicted molar refractivity (Wildman–Crippen MR) is 86.7 cm³/mol. The van der Waals surface area contributed by atoms with Crippen LogP contribution in [0.1, 0.15) is 18.2 Å². The molecule has 0 atom stereocenters. The molecule has 0 bridgehead atoms. The molecule has 0 fully saturated rings. The van der Waals surface area contributed by atoms with E-state index in [0.717, 1.165) is 6.54 Å². The zero-order valence-electron chi connectivity index (χ0n) is 12.9. The average Bonchev–Trinajstić information content (AvgIpc) is 2.54. The SMILES string of the molecule is CCN(C)/C=N/c1cc(C#N)c(Oc2ccccc2)nc1C. The number of rotatable bonds is 5. The second-order valence-electron chi connectivity index (χ2n) is 4.79. The van der Waals surface area contributed by atoms with E-state index in [-0.39, 0.29) is 0 Å². The van der Waals surface area contributed by atoms with Crippen LogP contribution < -0.4 is 4.74 Å². The van der Waals surface area contributed by atoms with Gasteiger partial charge >= 0.3 is 0 Å². The van der Waals surface area contributed by atoms with Crippen LogP contribution in [0.15, 0.2) is 41.4 Å². The smallest absolute Gasteiger partial charge is 0.237 e. The van der Waals surface area contributed by atoms with Gasteiger partial charge in [-0.05, 0) is 32.0 Å². The number of pyridine rings is 1. The number of para-hydroxylation sites is 1. The minimum atomic E-state index is 0.300. The van der Waals surface area contributed by atoms with E-state index in [9.17, 15) is 5.26 Å². The van der Waals surface area contributed by atoms with Gasteiger partial charge in [0.15, 0.2) is 0 Å². The number of aryl methyl sites for hydroxylation is 1. The second-order valence-corrected chi connectivity index (χ2v) is 4.79. The molecular formula is C17H18N4O. The average molecular weight is 294 g/mol. The van der Waals surface area contributed by atoms with Gasteiger partial charge in [0.2, 0.25) is 5.88 Å². The second kappa shape index (κ2) is 7.23. The molecule has 0 aliphatic rings. The van der Waals surface area contributed by atoms with Crippen molar-refractivity contribution in [3.05, 3.63) is 47.7 Å². The fourth-order valence-electron chi connectivity index (χ4n) is 1.70. The van der Waals surface area contributed by atoms with Crippen molar-refractivity contribution < 1.29 is 4.74 Å². The highest BCUT2D eigenvalue weighted by atomic mass is 16.5. The Bertz CT molecular complexity index is 705. The normalized spacial score (nSPS) is 10.5. The van der Waals surface area contributed by atoms with Crippen molar-refractivity contribution in [1.82, 2.24) is 9.88 Å². The van der Waals surface area contributed by atoms with Crippen molar-refractivity contribution in [1.29, 1.82) is 5.26 Å². The predicted octanol–water partition coefficient (Wildman–Crippen LogP) is 3.67. The van der Waals surface area contributed by atoms with Crippen LogP contribution in [0.3, 0.4) is 0 Å². The third-order valence-corrected chi connectivity index (χ3v) is 3.12. The quantitative estimate of drug-likeness (QED) is 0.623. The highest BCUT2D eigenvalue weighted by molar-refractivity contribution is 5.64. The van der Waals surface area contributed by atoms with Crippen LogP contribution in [0.4, 0.5) is 5.69 Å². The van der Waals surface area contributed by atoms with Gasteiger partial charge in [0.25, 0.3) is 0 Å². The molecule has 1 heterocycles. The lowest BCUT2D eigenvalue weighted by molar-refractivity contribution is 0.460. The van der Waals surface area contributed by atoms with Crippen molar-refractivity contribution >= 4 is 12.0 Å². The van der Waals surface area contributed by atoms with Crippen molar-refractivity contribution in [2.75, 3.05) is 13.6 Å². The lowest BCUT2D eigenvalue weighted by Gasteiger charge is -2.10. The van der Waals surface area contributed by atoms with Crippen molar-refractivity contribution in [2.24, 2.45) is 4.99 Å². The molecule has 1 aromatic carbocycles. The Morgan fingerprint density at radius 2 is 2.09 bits per heavy atom. The summed E-state index contributed by atoms with van der Waals surface area (Å²) in [5.74, 6) is 0.946. The lowest BCUT2D eigenvalue weighted by Crippen LogP contribution is -2.14. The fourth-order valence-corrected chi connectivity index (χ4v) is 1.70. The number of ether oxygens (including phenoxy) is 1. The van der Waals surface area contributed by atoms with Gasteiger partial charge < -0.3 is 9.64 Å². The minimum absolute atomic E-state index is 0.300. The molecule has 0 aliphatic heterocycles. The van der Waals surface area contributed by atoms with Gasteiger partial charge in [0.1, 0.15) is 17.4 Å². The largest absolute Gasteiger partial charge is 0.438 e. The van der Waals surface area contributed by atoms with Crippen molar-refractivity contribution in [3.63, 3.8) is 0 Å². The summed E-state index contributed by atoms with van der Waals surface area (Å²) in [6.45, 7) is 4.74. The number of nitrogens with zero attached hydrogens (tertiary/aromatic N) is 4. The van der Waals surface area contributed by atoms with Crippen LogP contribution in [0.5, 0.6) is 11.6 Å². The highest BCUT2D eigenvalue weighted by Crippen LogP contribution is 2.28. The van der Waals surface area contributed by atoms with E-state index in [1.54, 1.807) is 12.4 Å². The number of benzene rings is 1. The Hall–Kier alpha value is -2.87. The van der Waals surface area contributed by atoms with Crippen LogP contribution >= 0.6 is 0 Å². The molecule has 0 N–H and O–H groups in total. The molecule has 2 rings (SSSR count). The van der Waals surface area contributed by atoms with Gasteiger partial charge in [-0.1, -0.05) is 18.2 Å². The van der Waals surface area contributed by atoms with Crippen LogP contribution in [0, 0.1) is 18.3 Å².